The second kappa shape index (κ2) is 18.4. The minimum absolute atomic E-state index is 0. The summed E-state index contributed by atoms with van der Waals surface area (Å²) in [7, 11) is 0. The molecule has 0 saturated heterocycles. The van der Waals surface area contributed by atoms with Crippen LogP contribution >= 0.6 is 0 Å². The van der Waals surface area contributed by atoms with E-state index in [1.54, 1.807) is 0 Å². The Labute approximate surface area is 73.7 Å². The van der Waals surface area contributed by atoms with E-state index >= 15 is 0 Å². The topological polar surface area (TPSA) is 0 Å². The van der Waals surface area contributed by atoms with E-state index in [9.17, 15) is 0 Å². The van der Waals surface area contributed by atoms with Crippen LogP contribution in [0, 0.1) is 0 Å². The molecule has 0 aliphatic heterocycles. The summed E-state index contributed by atoms with van der Waals surface area (Å²) in [5, 5.41) is 0. The van der Waals surface area contributed by atoms with Gasteiger partial charge in [0.1, 0.15) is 0 Å². The maximum absolute atomic E-state index is 0. The first-order chi connectivity index (χ1) is 0. The van der Waals surface area contributed by atoms with Crippen molar-refractivity contribution < 1.29 is 55.7 Å². The van der Waals surface area contributed by atoms with Gasteiger partial charge >= 0.3 is 18.9 Å². The van der Waals surface area contributed by atoms with Crippen LogP contribution in [0.15, 0.2) is 0 Å². The molecule has 0 aliphatic rings. The van der Waals surface area contributed by atoms with Crippen LogP contribution in [0.1, 0.15) is 0 Å². The molecule has 0 bridgehead atoms. The van der Waals surface area contributed by atoms with E-state index in [0.29, 0.717) is 0 Å². The quantitative estimate of drug-likeness (QED) is 0.474. The van der Waals surface area contributed by atoms with E-state index in [-0.39, 0.29) is 74.5 Å². The first-order valence-electron chi connectivity index (χ1n) is 0. The number of hydrogen-bond acceptors (Lipinski definition) is 0. The molecule has 0 aromatic heterocycles. The zero-order chi connectivity index (χ0) is 0. The second-order valence-corrected chi connectivity index (χ2v) is 0. The van der Waals surface area contributed by atoms with Crippen LogP contribution in [0.2, 0.25) is 0 Å². The third kappa shape index (κ3) is 8.84. The molecule has 0 rings (SSSR count). The van der Waals surface area contributed by atoms with Crippen LogP contribution in [0.25, 0.3) is 0 Å². The maximum Gasteiger partial charge on any atom is 0 e. The van der Waals surface area contributed by atoms with Crippen LogP contribution < -0.4 is 0 Å². The fourth-order valence-corrected chi connectivity index (χ4v) is 0. The van der Waals surface area contributed by atoms with Crippen molar-refractivity contribution in [2.24, 2.45) is 0 Å². The van der Waals surface area contributed by atoms with Crippen molar-refractivity contribution in [1.82, 2.24) is 0 Å². The summed E-state index contributed by atoms with van der Waals surface area (Å²) in [6.07, 6.45) is 0. The van der Waals surface area contributed by atoms with Crippen molar-refractivity contribution in [2.75, 3.05) is 0 Å². The van der Waals surface area contributed by atoms with Crippen LogP contribution in [0.4, 0.5) is 0 Å². The molecule has 0 heterocycles. The standard InChI is InChI=1S/Co.Li.Nb.Ni.H. The minimum Gasteiger partial charge on any atom is 0 e. The van der Waals surface area contributed by atoms with Gasteiger partial charge in [-0.15, -0.1) is 0 Å². The van der Waals surface area contributed by atoms with Crippen molar-refractivity contribution in [2.45, 2.75) is 0 Å². The van der Waals surface area contributed by atoms with E-state index in [0.717, 1.165) is 0 Å². The van der Waals surface area contributed by atoms with Gasteiger partial charge in [-0.3, -0.25) is 0 Å². The molecule has 0 fully saturated rings. The molecule has 0 aliphatic carbocycles. The van der Waals surface area contributed by atoms with Gasteiger partial charge in [0, 0.05) is 55.7 Å². The van der Waals surface area contributed by atoms with Crippen LogP contribution in [0.3, 0.4) is 0 Å². The van der Waals surface area contributed by atoms with Gasteiger partial charge in [0.05, 0.1) is 0 Å². The number of rotatable bonds is 0. The molecule has 0 N–H and O–H groups in total. The van der Waals surface area contributed by atoms with Gasteiger partial charge in [-0.2, -0.15) is 0 Å². The third-order valence-corrected chi connectivity index (χ3v) is 0. The maximum atomic E-state index is 0. The third-order valence-electron chi connectivity index (χ3n) is 0. The van der Waals surface area contributed by atoms with Gasteiger partial charge in [0.25, 0.3) is 0 Å². The first-order valence-corrected chi connectivity index (χ1v) is 0. The molecule has 26 valence electrons. The van der Waals surface area contributed by atoms with E-state index in [1.807, 2.05) is 0 Å². The monoisotopic (exact) mass is 218 g/mol. The SMILES string of the molecule is [Co].[LiH].[Nb].[Ni]. The molecular weight excluding hydrogens is 217 g/mol. The predicted molar refractivity (Wildman–Crippen MR) is 7.15 cm³/mol. The smallest absolute Gasteiger partial charge is 0 e. The molecule has 0 aromatic carbocycles. The van der Waals surface area contributed by atoms with Gasteiger partial charge in [-0.1, -0.05) is 0 Å². The Hall–Kier alpha value is 2.34. The molecular formula is HCoLiNbNi. The van der Waals surface area contributed by atoms with Crippen molar-refractivity contribution in [3.05, 3.63) is 0 Å². The van der Waals surface area contributed by atoms with Gasteiger partial charge in [0.15, 0.2) is 0 Å². The second-order valence-electron chi connectivity index (χ2n) is 0. The van der Waals surface area contributed by atoms with Gasteiger partial charge in [0.2, 0.25) is 0 Å². The Balaban J connectivity index is 0. The van der Waals surface area contributed by atoms with Gasteiger partial charge in [-0.25, -0.2) is 0 Å². The largest absolute Gasteiger partial charge is 0 e. The zero-order valence-electron chi connectivity index (χ0n) is 1.10. The summed E-state index contributed by atoms with van der Waals surface area (Å²) in [5.74, 6) is 0. The summed E-state index contributed by atoms with van der Waals surface area (Å²) in [6.45, 7) is 0. The Kier molecular flexibility index (Phi) is 152. The summed E-state index contributed by atoms with van der Waals surface area (Å²) in [4.78, 5) is 0. The predicted octanol–water partition coefficient (Wildman–Crippen LogP) is -0.656. The summed E-state index contributed by atoms with van der Waals surface area (Å²) in [6, 6.07) is 0. The molecule has 4 heavy (non-hydrogen) atoms. The van der Waals surface area contributed by atoms with Crippen molar-refractivity contribution in [1.29, 1.82) is 0 Å². The van der Waals surface area contributed by atoms with Crippen molar-refractivity contribution in [3.63, 3.8) is 0 Å². The Morgan fingerprint density at radius 1 is 1.00 bits per heavy atom. The average molecular weight is 218 g/mol. The zero-order valence-corrected chi connectivity index (χ0v) is 5.32. The number of hydrogen-bond donors (Lipinski definition) is 0. The van der Waals surface area contributed by atoms with E-state index < -0.39 is 0 Å². The van der Waals surface area contributed by atoms with Gasteiger partial charge in [-0.05, 0) is 0 Å². The van der Waals surface area contributed by atoms with E-state index in [2.05, 4.69) is 0 Å². The van der Waals surface area contributed by atoms with Crippen molar-refractivity contribution in [3.8, 4) is 0 Å². The summed E-state index contributed by atoms with van der Waals surface area (Å²) < 4.78 is 0. The minimum atomic E-state index is 0. The molecule has 0 unspecified atom stereocenters. The molecule has 0 amide bonds. The molecule has 0 saturated carbocycles. The average Bonchev–Trinajstić information content (AvgIpc) is 0. The molecule has 4 heteroatoms. The molecule has 2 radical (unpaired) electrons. The molecule has 0 aromatic rings. The Bertz CT molecular complexity index is 8.00. The summed E-state index contributed by atoms with van der Waals surface area (Å²) in [5.41, 5.74) is 0. The van der Waals surface area contributed by atoms with Crippen LogP contribution in [-0.2, 0) is 55.7 Å². The van der Waals surface area contributed by atoms with E-state index in [4.69, 9.17) is 0 Å². The Morgan fingerprint density at radius 3 is 1.00 bits per heavy atom. The van der Waals surface area contributed by atoms with E-state index in [1.165, 1.54) is 0 Å². The summed E-state index contributed by atoms with van der Waals surface area (Å²) >= 11 is 0. The first kappa shape index (κ1) is 33.0. The fraction of sp³-hybridized carbons (Fsp3) is 0. The van der Waals surface area contributed by atoms with Crippen molar-refractivity contribution >= 4 is 18.9 Å². The van der Waals surface area contributed by atoms with Crippen LogP contribution in [-0.4, -0.2) is 18.9 Å². The van der Waals surface area contributed by atoms with Crippen LogP contribution in [0.5, 0.6) is 0 Å². The molecule has 0 atom stereocenters. The fourth-order valence-electron chi connectivity index (χ4n) is 0. The normalized spacial score (nSPS) is 0. The molecule has 0 nitrogen and oxygen atoms in total. The Morgan fingerprint density at radius 2 is 1.00 bits per heavy atom. The van der Waals surface area contributed by atoms with Gasteiger partial charge < -0.3 is 0 Å². The molecule has 0 spiro atoms.